The maximum atomic E-state index is 13.6. The number of hydrogen-bond donors (Lipinski definition) is 1. The van der Waals surface area contributed by atoms with Crippen molar-refractivity contribution in [2.75, 3.05) is 18.2 Å². The number of thioether (sulfide) groups is 1. The van der Waals surface area contributed by atoms with Gasteiger partial charge in [0.25, 0.3) is 0 Å². The first-order valence-electron chi connectivity index (χ1n) is 7.41. The fourth-order valence-corrected chi connectivity index (χ4v) is 2.86. The first-order chi connectivity index (χ1) is 11.1. The number of carbonyl (C=O) groups excluding carboxylic acids is 1. The molecule has 0 radical (unpaired) electrons. The monoisotopic (exact) mass is 333 g/mol. The lowest BCUT2D eigenvalue weighted by molar-refractivity contribution is -0.113. The molecule has 122 valence electrons. The van der Waals surface area contributed by atoms with Gasteiger partial charge in [-0.2, -0.15) is 0 Å². The highest BCUT2D eigenvalue weighted by molar-refractivity contribution is 7.99. The number of benzene rings is 2. The van der Waals surface area contributed by atoms with Crippen LogP contribution >= 0.6 is 11.8 Å². The van der Waals surface area contributed by atoms with Gasteiger partial charge < -0.3 is 10.1 Å². The van der Waals surface area contributed by atoms with Gasteiger partial charge in [-0.05, 0) is 41.8 Å². The Morgan fingerprint density at radius 1 is 1.17 bits per heavy atom. The quantitative estimate of drug-likeness (QED) is 0.822. The van der Waals surface area contributed by atoms with Crippen LogP contribution in [-0.2, 0) is 17.0 Å². The van der Waals surface area contributed by atoms with Crippen molar-refractivity contribution in [1.29, 1.82) is 0 Å². The summed E-state index contributed by atoms with van der Waals surface area (Å²) in [6.45, 7) is 2.09. The number of anilines is 1. The average Bonchev–Trinajstić information content (AvgIpc) is 2.56. The van der Waals surface area contributed by atoms with E-state index in [1.807, 2.05) is 24.3 Å². The molecule has 0 bridgehead atoms. The minimum absolute atomic E-state index is 0.0618. The number of halogens is 1. The highest BCUT2D eigenvalue weighted by atomic mass is 32.2. The molecule has 0 saturated heterocycles. The van der Waals surface area contributed by atoms with Crippen molar-refractivity contribution in [2.45, 2.75) is 19.1 Å². The van der Waals surface area contributed by atoms with Crippen molar-refractivity contribution in [1.82, 2.24) is 0 Å². The lowest BCUT2D eigenvalue weighted by Crippen LogP contribution is -2.14. The van der Waals surface area contributed by atoms with E-state index in [4.69, 9.17) is 4.74 Å². The normalized spacial score (nSPS) is 10.4. The zero-order chi connectivity index (χ0) is 16.7. The number of nitrogens with one attached hydrogen (secondary N) is 1. The Morgan fingerprint density at radius 2 is 1.87 bits per heavy atom. The molecular formula is C18H20FNO2S. The molecule has 0 aromatic heterocycles. The maximum Gasteiger partial charge on any atom is 0.234 e. The van der Waals surface area contributed by atoms with Crippen LogP contribution in [-0.4, -0.2) is 18.8 Å². The van der Waals surface area contributed by atoms with Gasteiger partial charge in [0.1, 0.15) is 0 Å². The number of ether oxygens (including phenoxy) is 1. The topological polar surface area (TPSA) is 38.3 Å². The highest BCUT2D eigenvalue weighted by Crippen LogP contribution is 2.21. The average molecular weight is 333 g/mol. The first-order valence-corrected chi connectivity index (χ1v) is 8.56. The minimum atomic E-state index is -0.383. The van der Waals surface area contributed by atoms with Gasteiger partial charge in [0.05, 0.1) is 12.9 Å². The Kier molecular flexibility index (Phi) is 6.47. The van der Waals surface area contributed by atoms with Crippen molar-refractivity contribution in [2.24, 2.45) is 0 Å². The van der Waals surface area contributed by atoms with Crippen LogP contribution in [0.3, 0.4) is 0 Å². The molecule has 1 amide bonds. The summed E-state index contributed by atoms with van der Waals surface area (Å²) in [5.74, 6) is 0.679. The van der Waals surface area contributed by atoms with Crippen molar-refractivity contribution in [3.8, 4) is 5.75 Å². The summed E-state index contributed by atoms with van der Waals surface area (Å²) in [7, 11) is 1.43. The van der Waals surface area contributed by atoms with E-state index in [9.17, 15) is 9.18 Å². The molecule has 5 heteroatoms. The van der Waals surface area contributed by atoms with Crippen LogP contribution in [0.15, 0.2) is 42.5 Å². The van der Waals surface area contributed by atoms with E-state index in [-0.39, 0.29) is 17.5 Å². The zero-order valence-corrected chi connectivity index (χ0v) is 14.1. The predicted molar refractivity (Wildman–Crippen MR) is 93.6 cm³/mol. The van der Waals surface area contributed by atoms with E-state index in [1.165, 1.54) is 30.5 Å². The second kappa shape index (κ2) is 8.58. The van der Waals surface area contributed by atoms with Gasteiger partial charge in [0.2, 0.25) is 5.91 Å². The number of rotatable bonds is 7. The molecule has 3 nitrogen and oxygen atoms in total. The van der Waals surface area contributed by atoms with Crippen LogP contribution in [0.5, 0.6) is 5.75 Å². The smallest absolute Gasteiger partial charge is 0.234 e. The van der Waals surface area contributed by atoms with Gasteiger partial charge in [0.15, 0.2) is 11.6 Å². The second-order valence-corrected chi connectivity index (χ2v) is 6.05. The largest absolute Gasteiger partial charge is 0.494 e. The Balaban J connectivity index is 1.79. The molecule has 0 fully saturated rings. The zero-order valence-electron chi connectivity index (χ0n) is 13.3. The molecule has 0 saturated carbocycles. The molecule has 1 N–H and O–H groups in total. The third kappa shape index (κ3) is 5.28. The van der Waals surface area contributed by atoms with E-state index in [1.54, 1.807) is 12.1 Å². The number of amides is 1. The van der Waals surface area contributed by atoms with Crippen molar-refractivity contribution in [3.63, 3.8) is 0 Å². The molecule has 0 aliphatic rings. The van der Waals surface area contributed by atoms with E-state index in [0.29, 0.717) is 11.5 Å². The third-order valence-electron chi connectivity index (χ3n) is 3.36. The predicted octanol–water partition coefficient (Wildman–Crippen LogP) is 4.27. The standard InChI is InChI=1S/C18H20FNO2S/c1-3-13-4-7-15(8-5-13)20-18(21)12-23-11-14-6-9-17(22-2)16(19)10-14/h4-10H,3,11-12H2,1-2H3,(H,20,21). The fraction of sp³-hybridized carbons (Fsp3) is 0.278. The number of aryl methyl sites for hydroxylation is 1. The summed E-state index contributed by atoms with van der Waals surface area (Å²) < 4.78 is 18.5. The molecule has 0 aliphatic heterocycles. The lowest BCUT2D eigenvalue weighted by atomic mass is 10.1. The number of hydrogen-bond acceptors (Lipinski definition) is 3. The van der Waals surface area contributed by atoms with Gasteiger partial charge in [0, 0.05) is 11.4 Å². The highest BCUT2D eigenvalue weighted by Gasteiger charge is 2.06. The van der Waals surface area contributed by atoms with E-state index in [2.05, 4.69) is 12.2 Å². The Morgan fingerprint density at radius 3 is 2.48 bits per heavy atom. The molecule has 0 aliphatic carbocycles. The number of carbonyl (C=O) groups is 1. The Bertz CT molecular complexity index is 659. The van der Waals surface area contributed by atoms with Crippen LogP contribution < -0.4 is 10.1 Å². The molecular weight excluding hydrogens is 313 g/mol. The van der Waals surface area contributed by atoms with Crippen LogP contribution in [0.2, 0.25) is 0 Å². The van der Waals surface area contributed by atoms with Crippen molar-refractivity contribution in [3.05, 3.63) is 59.4 Å². The van der Waals surface area contributed by atoms with E-state index >= 15 is 0 Å². The molecule has 23 heavy (non-hydrogen) atoms. The number of methoxy groups -OCH3 is 1. The second-order valence-electron chi connectivity index (χ2n) is 5.06. The van der Waals surface area contributed by atoms with Gasteiger partial charge in [-0.15, -0.1) is 11.8 Å². The Hall–Kier alpha value is -2.01. The third-order valence-corrected chi connectivity index (χ3v) is 4.37. The van der Waals surface area contributed by atoms with Gasteiger partial charge in [-0.1, -0.05) is 25.1 Å². The fourth-order valence-electron chi connectivity index (χ4n) is 2.08. The SMILES string of the molecule is CCc1ccc(NC(=O)CSCc2ccc(OC)c(F)c2)cc1. The minimum Gasteiger partial charge on any atom is -0.494 e. The molecule has 0 spiro atoms. The van der Waals surface area contributed by atoms with Crippen LogP contribution in [0.4, 0.5) is 10.1 Å². The van der Waals surface area contributed by atoms with Crippen LogP contribution in [0.25, 0.3) is 0 Å². The molecule has 0 atom stereocenters. The van der Waals surface area contributed by atoms with E-state index < -0.39 is 0 Å². The summed E-state index contributed by atoms with van der Waals surface area (Å²) in [4.78, 5) is 11.9. The summed E-state index contributed by atoms with van der Waals surface area (Å²) in [5, 5.41) is 2.86. The molecule has 2 aromatic carbocycles. The molecule has 0 unspecified atom stereocenters. The Labute approximate surface area is 140 Å². The summed E-state index contributed by atoms with van der Waals surface area (Å²) >= 11 is 1.44. The molecule has 0 heterocycles. The molecule has 2 rings (SSSR count). The first kappa shape index (κ1) is 17.3. The van der Waals surface area contributed by atoms with Gasteiger partial charge in [-0.3, -0.25) is 4.79 Å². The summed E-state index contributed by atoms with van der Waals surface area (Å²) in [5.41, 5.74) is 2.86. The van der Waals surface area contributed by atoms with Crippen LogP contribution in [0.1, 0.15) is 18.1 Å². The van der Waals surface area contributed by atoms with E-state index in [0.717, 1.165) is 17.7 Å². The van der Waals surface area contributed by atoms with Crippen molar-refractivity contribution >= 4 is 23.4 Å². The summed E-state index contributed by atoms with van der Waals surface area (Å²) in [6, 6.07) is 12.6. The maximum absolute atomic E-state index is 13.6. The van der Waals surface area contributed by atoms with Crippen LogP contribution in [0, 0.1) is 5.82 Å². The summed E-state index contributed by atoms with van der Waals surface area (Å²) in [6.07, 6.45) is 0.975. The molecule has 2 aromatic rings. The lowest BCUT2D eigenvalue weighted by Gasteiger charge is -2.07. The van der Waals surface area contributed by atoms with Gasteiger partial charge >= 0.3 is 0 Å². The van der Waals surface area contributed by atoms with Crippen molar-refractivity contribution < 1.29 is 13.9 Å². The van der Waals surface area contributed by atoms with Gasteiger partial charge in [-0.25, -0.2) is 4.39 Å².